The van der Waals surface area contributed by atoms with Crippen LogP contribution in [0.25, 0.3) is 0 Å². The minimum atomic E-state index is -4.00. The standard InChI is InChI=1S/C17H20N4O5S/c1-3-4-11-18-19-16-10-9-15(12-17(16)21(22)23)27(24,25)20-13-5-7-14(26-2)8-6-13/h5-12,19-20H,3-4H2,1-2H3/b18-11+. The minimum absolute atomic E-state index is 0.107. The fourth-order valence-corrected chi connectivity index (χ4v) is 3.18. The van der Waals surface area contributed by atoms with Crippen molar-refractivity contribution in [1.29, 1.82) is 0 Å². The predicted molar refractivity (Wildman–Crippen MR) is 104 cm³/mol. The lowest BCUT2D eigenvalue weighted by Gasteiger charge is -2.10. The number of anilines is 2. The van der Waals surface area contributed by atoms with Crippen LogP contribution in [0.5, 0.6) is 5.75 Å². The van der Waals surface area contributed by atoms with E-state index < -0.39 is 14.9 Å². The maximum absolute atomic E-state index is 12.5. The molecule has 0 unspecified atom stereocenters. The van der Waals surface area contributed by atoms with E-state index in [0.29, 0.717) is 11.4 Å². The Morgan fingerprint density at radius 2 is 1.93 bits per heavy atom. The number of hydrogen-bond acceptors (Lipinski definition) is 7. The fraction of sp³-hybridized carbons (Fsp3) is 0.235. The zero-order valence-electron chi connectivity index (χ0n) is 14.9. The van der Waals surface area contributed by atoms with E-state index in [4.69, 9.17) is 4.74 Å². The van der Waals surface area contributed by atoms with Crippen LogP contribution in [0.15, 0.2) is 52.5 Å². The van der Waals surface area contributed by atoms with Crippen LogP contribution in [-0.2, 0) is 10.0 Å². The number of hydrogen-bond donors (Lipinski definition) is 2. The van der Waals surface area contributed by atoms with Crippen molar-refractivity contribution >= 4 is 33.3 Å². The van der Waals surface area contributed by atoms with Crippen molar-refractivity contribution < 1.29 is 18.1 Å². The average molecular weight is 392 g/mol. The van der Waals surface area contributed by atoms with Crippen molar-refractivity contribution in [3.8, 4) is 5.75 Å². The number of rotatable bonds is 9. The van der Waals surface area contributed by atoms with Crippen molar-refractivity contribution in [1.82, 2.24) is 0 Å². The van der Waals surface area contributed by atoms with Crippen LogP contribution < -0.4 is 14.9 Å². The maximum Gasteiger partial charge on any atom is 0.295 e. The van der Waals surface area contributed by atoms with Gasteiger partial charge in [0.05, 0.1) is 16.9 Å². The van der Waals surface area contributed by atoms with Crippen LogP contribution >= 0.6 is 0 Å². The second-order valence-corrected chi connectivity index (χ2v) is 7.16. The lowest BCUT2D eigenvalue weighted by atomic mass is 10.3. The minimum Gasteiger partial charge on any atom is -0.497 e. The molecule has 0 bridgehead atoms. The lowest BCUT2D eigenvalue weighted by molar-refractivity contribution is -0.384. The molecule has 9 nitrogen and oxygen atoms in total. The number of nitro benzene ring substituents is 1. The number of unbranched alkanes of at least 4 members (excludes halogenated alkanes) is 1. The Morgan fingerprint density at radius 3 is 2.52 bits per heavy atom. The van der Waals surface area contributed by atoms with Gasteiger partial charge in [-0.1, -0.05) is 13.3 Å². The van der Waals surface area contributed by atoms with Crippen LogP contribution in [0.1, 0.15) is 19.8 Å². The van der Waals surface area contributed by atoms with E-state index in [2.05, 4.69) is 15.2 Å². The van der Waals surface area contributed by atoms with Crippen LogP contribution in [0, 0.1) is 10.1 Å². The van der Waals surface area contributed by atoms with Crippen LogP contribution in [0.3, 0.4) is 0 Å². The molecule has 0 spiro atoms. The normalized spacial score (nSPS) is 11.3. The van der Waals surface area contributed by atoms with Crippen molar-refractivity contribution in [2.75, 3.05) is 17.3 Å². The molecule has 0 heterocycles. The molecule has 2 aromatic rings. The van der Waals surface area contributed by atoms with Crippen molar-refractivity contribution in [3.63, 3.8) is 0 Å². The smallest absolute Gasteiger partial charge is 0.295 e. The largest absolute Gasteiger partial charge is 0.497 e. The molecule has 0 aliphatic carbocycles. The summed E-state index contributed by atoms with van der Waals surface area (Å²) < 4.78 is 32.4. The van der Waals surface area contributed by atoms with E-state index in [-0.39, 0.29) is 16.3 Å². The zero-order chi connectivity index (χ0) is 19.9. The SMILES string of the molecule is CCC/C=N/Nc1ccc(S(=O)(=O)Nc2ccc(OC)cc2)cc1[N+](=O)[O-]. The van der Waals surface area contributed by atoms with Crippen LogP contribution in [0.2, 0.25) is 0 Å². The number of nitro groups is 1. The maximum atomic E-state index is 12.5. The van der Waals surface area contributed by atoms with Crippen molar-refractivity contribution in [2.45, 2.75) is 24.7 Å². The number of benzene rings is 2. The molecule has 0 fully saturated rings. The molecule has 0 aliphatic rings. The van der Waals surface area contributed by atoms with Gasteiger partial charge >= 0.3 is 0 Å². The first-order chi connectivity index (χ1) is 12.9. The highest BCUT2D eigenvalue weighted by Gasteiger charge is 2.21. The molecule has 0 radical (unpaired) electrons. The fourth-order valence-electron chi connectivity index (χ4n) is 2.11. The molecule has 0 saturated heterocycles. The Morgan fingerprint density at radius 1 is 1.22 bits per heavy atom. The van der Waals surface area contributed by atoms with Gasteiger partial charge in [-0.05, 0) is 42.8 Å². The summed E-state index contributed by atoms with van der Waals surface area (Å²) in [6.45, 7) is 1.98. The highest BCUT2D eigenvalue weighted by molar-refractivity contribution is 7.92. The predicted octanol–water partition coefficient (Wildman–Crippen LogP) is 3.60. The van der Waals surface area contributed by atoms with E-state index in [1.807, 2.05) is 6.92 Å². The average Bonchev–Trinajstić information content (AvgIpc) is 2.65. The highest BCUT2D eigenvalue weighted by atomic mass is 32.2. The second-order valence-electron chi connectivity index (χ2n) is 5.48. The third kappa shape index (κ3) is 5.42. The Balaban J connectivity index is 2.27. The van der Waals surface area contributed by atoms with Crippen molar-refractivity contribution in [2.24, 2.45) is 5.10 Å². The molecule has 10 heteroatoms. The molecule has 144 valence electrons. The summed E-state index contributed by atoms with van der Waals surface area (Å²) in [5.41, 5.74) is 2.60. The quantitative estimate of drug-likeness (QED) is 0.382. The number of nitrogens with zero attached hydrogens (tertiary/aromatic N) is 2. The van der Waals surface area contributed by atoms with Crippen LogP contribution in [0.4, 0.5) is 17.1 Å². The number of ether oxygens (including phenoxy) is 1. The van der Waals surface area contributed by atoms with E-state index in [0.717, 1.165) is 18.9 Å². The van der Waals surface area contributed by atoms with E-state index in [9.17, 15) is 18.5 Å². The van der Waals surface area contributed by atoms with Crippen molar-refractivity contribution in [3.05, 3.63) is 52.6 Å². The molecule has 0 atom stereocenters. The van der Waals surface area contributed by atoms with Gasteiger partial charge in [0.1, 0.15) is 11.4 Å². The van der Waals surface area contributed by atoms with Gasteiger partial charge in [0, 0.05) is 18.0 Å². The molecule has 2 N–H and O–H groups in total. The molecule has 0 amide bonds. The lowest BCUT2D eigenvalue weighted by Crippen LogP contribution is -2.13. The molecule has 2 rings (SSSR count). The third-order valence-electron chi connectivity index (χ3n) is 3.51. The Hall–Kier alpha value is -3.14. The summed E-state index contributed by atoms with van der Waals surface area (Å²) in [6.07, 6.45) is 3.21. The number of nitrogens with one attached hydrogen (secondary N) is 2. The van der Waals surface area contributed by atoms with Crippen LogP contribution in [-0.4, -0.2) is 26.7 Å². The Labute approximate surface area is 157 Å². The molecule has 27 heavy (non-hydrogen) atoms. The molecule has 0 aliphatic heterocycles. The Bertz CT molecular complexity index is 927. The zero-order valence-corrected chi connectivity index (χ0v) is 15.7. The van der Waals surface area contributed by atoms with Gasteiger partial charge in [-0.25, -0.2) is 8.42 Å². The summed E-state index contributed by atoms with van der Waals surface area (Å²) >= 11 is 0. The van der Waals surface area contributed by atoms with Gasteiger partial charge in [0.25, 0.3) is 15.7 Å². The van der Waals surface area contributed by atoms with Gasteiger partial charge in [-0.15, -0.1) is 0 Å². The monoisotopic (exact) mass is 392 g/mol. The van der Waals surface area contributed by atoms with Gasteiger partial charge in [-0.3, -0.25) is 20.3 Å². The highest BCUT2D eigenvalue weighted by Crippen LogP contribution is 2.28. The topological polar surface area (TPSA) is 123 Å². The summed E-state index contributed by atoms with van der Waals surface area (Å²) in [6, 6.07) is 9.83. The molecule has 0 saturated carbocycles. The number of sulfonamides is 1. The van der Waals surface area contributed by atoms with Gasteiger partial charge in [0.15, 0.2) is 0 Å². The summed E-state index contributed by atoms with van der Waals surface area (Å²) in [5.74, 6) is 0.577. The first-order valence-corrected chi connectivity index (χ1v) is 9.58. The Kier molecular flexibility index (Phi) is 6.72. The first kappa shape index (κ1) is 20.2. The third-order valence-corrected chi connectivity index (χ3v) is 4.89. The van der Waals surface area contributed by atoms with Gasteiger partial charge in [-0.2, -0.15) is 5.10 Å². The summed E-state index contributed by atoms with van der Waals surface area (Å²) in [7, 11) is -2.50. The number of hydrazone groups is 1. The molecule has 2 aromatic carbocycles. The number of methoxy groups -OCH3 is 1. The molecular formula is C17H20N4O5S. The van der Waals surface area contributed by atoms with Gasteiger partial charge in [0.2, 0.25) is 0 Å². The molecular weight excluding hydrogens is 372 g/mol. The van der Waals surface area contributed by atoms with E-state index in [1.165, 1.54) is 31.4 Å². The first-order valence-electron chi connectivity index (χ1n) is 8.10. The summed E-state index contributed by atoms with van der Waals surface area (Å²) in [5, 5.41) is 15.2. The van der Waals surface area contributed by atoms with E-state index in [1.54, 1.807) is 18.3 Å². The second kappa shape index (κ2) is 8.99. The van der Waals surface area contributed by atoms with E-state index >= 15 is 0 Å². The molecule has 0 aromatic heterocycles. The summed E-state index contributed by atoms with van der Waals surface area (Å²) in [4.78, 5) is 10.4. The van der Waals surface area contributed by atoms with Gasteiger partial charge < -0.3 is 4.74 Å².